The molecule has 1 unspecified atom stereocenters. The smallest absolute Gasteiger partial charge is 0.221 e. The zero-order valence-electron chi connectivity index (χ0n) is 10.5. The predicted octanol–water partition coefficient (Wildman–Crippen LogP) is -0.969. The lowest BCUT2D eigenvalue weighted by Crippen LogP contribution is -3.11. The zero-order valence-corrected chi connectivity index (χ0v) is 11.3. The number of carboxylic acid groups (broad SMARTS) is 1. The maximum Gasteiger partial charge on any atom is 0.221 e. The van der Waals surface area contributed by atoms with Gasteiger partial charge in [-0.3, -0.25) is 4.79 Å². The van der Waals surface area contributed by atoms with Crippen molar-refractivity contribution in [3.8, 4) is 0 Å². The minimum atomic E-state index is -1.20. The number of quaternary nitrogens is 1. The van der Waals surface area contributed by atoms with Gasteiger partial charge >= 0.3 is 0 Å². The van der Waals surface area contributed by atoms with Crippen LogP contribution in [0.3, 0.4) is 0 Å². The zero-order chi connectivity index (χ0) is 13.3. The van der Waals surface area contributed by atoms with Gasteiger partial charge < -0.3 is 20.1 Å². The van der Waals surface area contributed by atoms with Gasteiger partial charge in [0, 0.05) is 18.9 Å². The third-order valence-electron chi connectivity index (χ3n) is 3.22. The van der Waals surface area contributed by atoms with Crippen molar-refractivity contribution in [3.63, 3.8) is 0 Å². The fourth-order valence-electron chi connectivity index (χ4n) is 2.30. The SMILES string of the molecule is CC[NH+]1CCc2c(sc(NC(C)=O)c2C(=O)[O-])C1. The second kappa shape index (κ2) is 5.07. The summed E-state index contributed by atoms with van der Waals surface area (Å²) in [5.74, 6) is -1.45. The molecule has 1 aromatic rings. The lowest BCUT2D eigenvalue weighted by atomic mass is 10.0. The van der Waals surface area contributed by atoms with Gasteiger partial charge in [-0.05, 0) is 12.5 Å². The van der Waals surface area contributed by atoms with Gasteiger partial charge in [-0.25, -0.2) is 0 Å². The maximum absolute atomic E-state index is 11.2. The molecular formula is C12H16N2O3S. The van der Waals surface area contributed by atoms with E-state index in [0.29, 0.717) is 5.00 Å². The molecule has 0 bridgehead atoms. The highest BCUT2D eigenvalue weighted by Gasteiger charge is 2.26. The van der Waals surface area contributed by atoms with Crippen LogP contribution in [0.4, 0.5) is 5.00 Å². The summed E-state index contributed by atoms with van der Waals surface area (Å²) in [4.78, 5) is 24.8. The van der Waals surface area contributed by atoms with Crippen molar-refractivity contribution < 1.29 is 19.6 Å². The molecule has 0 fully saturated rings. The third-order valence-corrected chi connectivity index (χ3v) is 4.37. The molecule has 0 saturated heterocycles. The summed E-state index contributed by atoms with van der Waals surface area (Å²) < 4.78 is 0. The van der Waals surface area contributed by atoms with Gasteiger partial charge in [0.25, 0.3) is 0 Å². The number of likely N-dealkylation sites (N-methyl/N-ethyl adjacent to an activating group) is 1. The van der Waals surface area contributed by atoms with Crippen LogP contribution in [0.5, 0.6) is 0 Å². The van der Waals surface area contributed by atoms with Gasteiger partial charge in [-0.15, -0.1) is 11.3 Å². The van der Waals surface area contributed by atoms with E-state index < -0.39 is 5.97 Å². The Morgan fingerprint density at radius 1 is 1.50 bits per heavy atom. The van der Waals surface area contributed by atoms with Crippen LogP contribution in [-0.4, -0.2) is 25.0 Å². The lowest BCUT2D eigenvalue weighted by molar-refractivity contribution is -0.913. The lowest BCUT2D eigenvalue weighted by Gasteiger charge is -2.23. The summed E-state index contributed by atoms with van der Waals surface area (Å²) in [5.41, 5.74) is 1.03. The van der Waals surface area contributed by atoms with Crippen LogP contribution in [0.2, 0.25) is 0 Å². The van der Waals surface area contributed by atoms with E-state index in [1.54, 1.807) is 0 Å². The largest absolute Gasteiger partial charge is 0.545 e. The summed E-state index contributed by atoms with van der Waals surface area (Å²) in [5, 5.41) is 14.2. The topological polar surface area (TPSA) is 73.7 Å². The number of carbonyl (C=O) groups is 2. The van der Waals surface area contributed by atoms with Crippen molar-refractivity contribution in [3.05, 3.63) is 16.0 Å². The standard InChI is InChI=1S/C12H16N2O3S/c1-3-14-5-4-8-9(6-14)18-11(13-7(2)15)10(8)12(16)17/h3-6H2,1-2H3,(H,13,15)(H,16,17). The number of anilines is 1. The number of aromatic carboxylic acids is 1. The summed E-state index contributed by atoms with van der Waals surface area (Å²) in [6.07, 6.45) is 0.734. The summed E-state index contributed by atoms with van der Waals surface area (Å²) in [6.45, 7) is 6.27. The van der Waals surface area contributed by atoms with Crippen LogP contribution in [0.15, 0.2) is 0 Å². The van der Waals surface area contributed by atoms with Crippen LogP contribution >= 0.6 is 11.3 Å². The van der Waals surface area contributed by atoms with E-state index in [1.807, 2.05) is 0 Å². The number of thiophene rings is 1. The van der Waals surface area contributed by atoms with Crippen molar-refractivity contribution in [1.29, 1.82) is 0 Å². The predicted molar refractivity (Wildman–Crippen MR) is 66.7 cm³/mol. The Balaban J connectivity index is 2.40. The van der Waals surface area contributed by atoms with Crippen molar-refractivity contribution in [1.82, 2.24) is 0 Å². The Morgan fingerprint density at radius 3 is 2.78 bits per heavy atom. The Morgan fingerprint density at radius 2 is 2.22 bits per heavy atom. The molecule has 2 N–H and O–H groups in total. The number of carbonyl (C=O) groups excluding carboxylic acids is 2. The molecule has 1 aromatic heterocycles. The molecule has 5 nitrogen and oxygen atoms in total. The molecular weight excluding hydrogens is 252 g/mol. The number of rotatable bonds is 3. The van der Waals surface area contributed by atoms with Crippen molar-refractivity contribution in [2.45, 2.75) is 26.8 Å². The third kappa shape index (κ3) is 2.39. The average Bonchev–Trinajstić information content (AvgIpc) is 2.64. The number of hydrogen-bond acceptors (Lipinski definition) is 4. The van der Waals surface area contributed by atoms with Crippen LogP contribution in [-0.2, 0) is 17.8 Å². The van der Waals surface area contributed by atoms with Crippen LogP contribution in [0.25, 0.3) is 0 Å². The summed E-state index contributed by atoms with van der Waals surface area (Å²) in [7, 11) is 0. The number of carboxylic acids is 1. The Bertz CT molecular complexity index is 496. The van der Waals surface area contributed by atoms with E-state index in [-0.39, 0.29) is 11.5 Å². The average molecular weight is 268 g/mol. The highest BCUT2D eigenvalue weighted by Crippen LogP contribution is 2.34. The molecule has 98 valence electrons. The fraction of sp³-hybridized carbons (Fsp3) is 0.500. The van der Waals surface area contributed by atoms with Crippen LogP contribution < -0.4 is 15.3 Å². The molecule has 1 amide bonds. The molecule has 0 saturated carbocycles. The van der Waals surface area contributed by atoms with Crippen molar-refractivity contribution in [2.24, 2.45) is 0 Å². The molecule has 18 heavy (non-hydrogen) atoms. The molecule has 1 aliphatic heterocycles. The minimum Gasteiger partial charge on any atom is -0.545 e. The first kappa shape index (κ1) is 13.0. The highest BCUT2D eigenvalue weighted by molar-refractivity contribution is 7.16. The van der Waals surface area contributed by atoms with Gasteiger partial charge in [0.05, 0.1) is 23.9 Å². The summed E-state index contributed by atoms with van der Waals surface area (Å²) in [6, 6.07) is 0. The summed E-state index contributed by atoms with van der Waals surface area (Å²) >= 11 is 1.36. The van der Waals surface area contributed by atoms with Gasteiger partial charge in [0.2, 0.25) is 5.91 Å². The van der Waals surface area contributed by atoms with E-state index in [9.17, 15) is 14.7 Å². The Labute approximate surface area is 109 Å². The van der Waals surface area contributed by atoms with Gasteiger partial charge in [0.15, 0.2) is 0 Å². The monoisotopic (exact) mass is 268 g/mol. The molecule has 2 heterocycles. The highest BCUT2D eigenvalue weighted by atomic mass is 32.1. The van der Waals surface area contributed by atoms with E-state index in [0.717, 1.165) is 36.5 Å². The Hall–Kier alpha value is -1.40. The molecule has 0 radical (unpaired) electrons. The van der Waals surface area contributed by atoms with Crippen molar-refractivity contribution >= 4 is 28.2 Å². The molecule has 6 heteroatoms. The minimum absolute atomic E-state index is 0.181. The number of hydrogen-bond donors (Lipinski definition) is 2. The van der Waals surface area contributed by atoms with Crippen LogP contribution in [0, 0.1) is 0 Å². The number of nitrogens with one attached hydrogen (secondary N) is 2. The number of amides is 1. The number of fused-ring (bicyclic) bond motifs is 1. The molecule has 0 aromatic carbocycles. The van der Waals surface area contributed by atoms with E-state index in [4.69, 9.17) is 0 Å². The molecule has 1 aliphatic rings. The van der Waals surface area contributed by atoms with E-state index in [2.05, 4.69) is 12.2 Å². The first-order valence-electron chi connectivity index (χ1n) is 6.00. The molecule has 2 rings (SSSR count). The Kier molecular flexibility index (Phi) is 3.68. The van der Waals surface area contributed by atoms with Gasteiger partial charge in [0.1, 0.15) is 11.5 Å². The normalized spacial score (nSPS) is 18.2. The molecule has 0 spiro atoms. The molecule has 1 atom stereocenters. The van der Waals surface area contributed by atoms with E-state index in [1.165, 1.54) is 23.2 Å². The first-order chi connectivity index (χ1) is 8.52. The van der Waals surface area contributed by atoms with Gasteiger partial charge in [-0.2, -0.15) is 0 Å². The van der Waals surface area contributed by atoms with Gasteiger partial charge in [-0.1, -0.05) is 0 Å². The second-order valence-electron chi connectivity index (χ2n) is 4.46. The van der Waals surface area contributed by atoms with Crippen molar-refractivity contribution in [2.75, 3.05) is 18.4 Å². The maximum atomic E-state index is 11.2. The fourth-order valence-corrected chi connectivity index (χ4v) is 3.66. The molecule has 0 aliphatic carbocycles. The second-order valence-corrected chi connectivity index (χ2v) is 5.56. The van der Waals surface area contributed by atoms with E-state index >= 15 is 0 Å². The quantitative estimate of drug-likeness (QED) is 0.741. The van der Waals surface area contributed by atoms with Crippen LogP contribution in [0.1, 0.15) is 34.6 Å². The first-order valence-corrected chi connectivity index (χ1v) is 6.81.